The molecular formula is C21H19N5OS. The van der Waals surface area contributed by atoms with E-state index in [9.17, 15) is 4.79 Å². The quantitative estimate of drug-likeness (QED) is 0.529. The standard InChI is InChI=1S/C21H19N5OS/c1-14-9-10-16-17(12-14)28-21(22-16)26(13-15-6-3-2-4-7-15)20(27)19-24-23-18-8-5-11-25(18)19/h2-4,6-7,9-10,12H,5,8,11,13H2,1H3. The van der Waals surface area contributed by atoms with Crippen molar-refractivity contribution in [3.63, 3.8) is 0 Å². The zero-order chi connectivity index (χ0) is 19.1. The SMILES string of the molecule is Cc1ccc2nc(N(Cc3ccccc3)C(=O)c3nnc4n3CCC4)sc2c1. The van der Waals surface area contributed by atoms with Crippen LogP contribution in [0.25, 0.3) is 10.2 Å². The minimum Gasteiger partial charge on any atom is -0.307 e. The Morgan fingerprint density at radius 3 is 2.89 bits per heavy atom. The van der Waals surface area contributed by atoms with Gasteiger partial charge in [-0.1, -0.05) is 47.7 Å². The number of amides is 1. The first-order valence-corrected chi connectivity index (χ1v) is 10.2. The van der Waals surface area contributed by atoms with Gasteiger partial charge in [0.1, 0.15) is 5.82 Å². The molecule has 140 valence electrons. The second kappa shape index (κ2) is 6.83. The summed E-state index contributed by atoms with van der Waals surface area (Å²) in [5, 5.41) is 9.08. The number of thiazole rings is 1. The maximum absolute atomic E-state index is 13.5. The summed E-state index contributed by atoms with van der Waals surface area (Å²) in [6.07, 6.45) is 1.88. The van der Waals surface area contributed by atoms with Gasteiger partial charge in [-0.2, -0.15) is 0 Å². The molecule has 0 unspecified atom stereocenters. The van der Waals surface area contributed by atoms with Gasteiger partial charge in [0.05, 0.1) is 16.8 Å². The van der Waals surface area contributed by atoms with Crippen LogP contribution in [0, 0.1) is 6.92 Å². The van der Waals surface area contributed by atoms with Gasteiger partial charge < -0.3 is 4.57 Å². The maximum atomic E-state index is 13.5. The van der Waals surface area contributed by atoms with E-state index in [4.69, 9.17) is 4.98 Å². The monoisotopic (exact) mass is 389 g/mol. The summed E-state index contributed by atoms with van der Waals surface area (Å²) in [6, 6.07) is 16.1. The van der Waals surface area contributed by atoms with Crippen molar-refractivity contribution in [2.45, 2.75) is 32.9 Å². The number of rotatable bonds is 4. The lowest BCUT2D eigenvalue weighted by atomic mass is 10.2. The second-order valence-electron chi connectivity index (χ2n) is 7.04. The molecule has 0 spiro atoms. The summed E-state index contributed by atoms with van der Waals surface area (Å²) in [6.45, 7) is 3.30. The zero-order valence-electron chi connectivity index (χ0n) is 15.5. The van der Waals surface area contributed by atoms with E-state index in [2.05, 4.69) is 23.2 Å². The molecule has 2 aromatic carbocycles. The van der Waals surface area contributed by atoms with Crippen molar-refractivity contribution in [1.29, 1.82) is 0 Å². The summed E-state index contributed by atoms with van der Waals surface area (Å²) >= 11 is 1.53. The normalized spacial score (nSPS) is 13.0. The molecule has 28 heavy (non-hydrogen) atoms. The third kappa shape index (κ3) is 2.97. The van der Waals surface area contributed by atoms with Crippen molar-refractivity contribution in [3.8, 4) is 0 Å². The van der Waals surface area contributed by atoms with Crippen LogP contribution in [0.3, 0.4) is 0 Å². The van der Waals surface area contributed by atoms with E-state index in [-0.39, 0.29) is 5.91 Å². The summed E-state index contributed by atoms with van der Waals surface area (Å²) in [7, 11) is 0. The first-order chi connectivity index (χ1) is 13.7. The number of hydrogen-bond acceptors (Lipinski definition) is 5. The molecule has 0 radical (unpaired) electrons. The molecular weight excluding hydrogens is 370 g/mol. The number of hydrogen-bond donors (Lipinski definition) is 0. The first-order valence-electron chi connectivity index (χ1n) is 9.34. The van der Waals surface area contributed by atoms with E-state index in [0.717, 1.165) is 41.0 Å². The molecule has 0 atom stereocenters. The third-order valence-corrected chi connectivity index (χ3v) is 6.03. The summed E-state index contributed by atoms with van der Waals surface area (Å²) < 4.78 is 3.02. The number of aromatic nitrogens is 4. The van der Waals surface area contributed by atoms with Crippen LogP contribution in [0.4, 0.5) is 5.13 Å². The zero-order valence-corrected chi connectivity index (χ0v) is 16.3. The van der Waals surface area contributed by atoms with Crippen molar-refractivity contribution in [2.24, 2.45) is 0 Å². The van der Waals surface area contributed by atoms with Gasteiger partial charge in [-0.15, -0.1) is 10.2 Å². The van der Waals surface area contributed by atoms with Gasteiger partial charge in [0, 0.05) is 13.0 Å². The molecule has 4 aromatic rings. The first kappa shape index (κ1) is 17.1. The molecule has 0 N–H and O–H groups in total. The van der Waals surface area contributed by atoms with Crippen LogP contribution in [-0.2, 0) is 19.5 Å². The van der Waals surface area contributed by atoms with Crippen LogP contribution in [0.1, 0.15) is 34.0 Å². The van der Waals surface area contributed by atoms with E-state index in [1.54, 1.807) is 4.90 Å². The molecule has 0 saturated heterocycles. The van der Waals surface area contributed by atoms with Crippen LogP contribution in [0.15, 0.2) is 48.5 Å². The Kier molecular flexibility index (Phi) is 4.16. The average Bonchev–Trinajstić information content (AvgIpc) is 3.41. The van der Waals surface area contributed by atoms with Crippen molar-refractivity contribution in [1.82, 2.24) is 19.7 Å². The van der Waals surface area contributed by atoms with Crippen LogP contribution in [-0.4, -0.2) is 25.7 Å². The van der Waals surface area contributed by atoms with Gasteiger partial charge in [-0.3, -0.25) is 9.69 Å². The van der Waals surface area contributed by atoms with Crippen LogP contribution in [0.5, 0.6) is 0 Å². The molecule has 1 amide bonds. The number of carbonyl (C=O) groups is 1. The van der Waals surface area contributed by atoms with Crippen LogP contribution < -0.4 is 4.90 Å². The summed E-state index contributed by atoms with van der Waals surface area (Å²) in [5.74, 6) is 1.14. The smallest absolute Gasteiger partial charge is 0.298 e. The number of benzene rings is 2. The van der Waals surface area contributed by atoms with Crippen molar-refractivity contribution in [3.05, 3.63) is 71.3 Å². The Morgan fingerprint density at radius 1 is 1.18 bits per heavy atom. The molecule has 1 aliphatic heterocycles. The van der Waals surface area contributed by atoms with Gasteiger partial charge in [-0.25, -0.2) is 4.98 Å². The van der Waals surface area contributed by atoms with E-state index in [0.29, 0.717) is 17.5 Å². The topological polar surface area (TPSA) is 63.9 Å². The van der Waals surface area contributed by atoms with Crippen molar-refractivity contribution < 1.29 is 4.79 Å². The summed E-state index contributed by atoms with van der Waals surface area (Å²) in [5.41, 5.74) is 3.13. The molecule has 6 nitrogen and oxygen atoms in total. The highest BCUT2D eigenvalue weighted by Crippen LogP contribution is 2.31. The molecule has 0 aliphatic carbocycles. The van der Waals surface area contributed by atoms with Crippen LogP contribution >= 0.6 is 11.3 Å². The Labute approximate surface area is 166 Å². The second-order valence-corrected chi connectivity index (χ2v) is 8.05. The molecule has 1 aliphatic rings. The highest BCUT2D eigenvalue weighted by molar-refractivity contribution is 7.22. The van der Waals surface area contributed by atoms with Gasteiger partial charge in [0.15, 0.2) is 5.13 Å². The lowest BCUT2D eigenvalue weighted by Gasteiger charge is -2.19. The van der Waals surface area contributed by atoms with E-state index in [1.807, 2.05) is 47.0 Å². The lowest BCUT2D eigenvalue weighted by Crippen LogP contribution is -2.32. The fraction of sp³-hybridized carbons (Fsp3) is 0.238. The average molecular weight is 389 g/mol. The molecule has 0 saturated carbocycles. The fourth-order valence-corrected chi connectivity index (χ4v) is 4.62. The van der Waals surface area contributed by atoms with E-state index < -0.39 is 0 Å². The molecule has 0 fully saturated rings. The van der Waals surface area contributed by atoms with Crippen molar-refractivity contribution in [2.75, 3.05) is 4.90 Å². The fourth-order valence-electron chi connectivity index (χ4n) is 3.56. The molecule has 0 bridgehead atoms. The Balaban J connectivity index is 1.58. The summed E-state index contributed by atoms with van der Waals surface area (Å²) in [4.78, 5) is 20.0. The van der Waals surface area contributed by atoms with Gasteiger partial charge >= 0.3 is 0 Å². The number of aryl methyl sites for hydroxylation is 2. The van der Waals surface area contributed by atoms with E-state index >= 15 is 0 Å². The van der Waals surface area contributed by atoms with E-state index in [1.165, 1.54) is 16.9 Å². The highest BCUT2D eigenvalue weighted by Gasteiger charge is 2.29. The molecule has 3 heterocycles. The Hall–Kier alpha value is -3.06. The van der Waals surface area contributed by atoms with Gasteiger partial charge in [0.25, 0.3) is 5.91 Å². The number of anilines is 1. The molecule has 5 rings (SSSR count). The maximum Gasteiger partial charge on any atom is 0.298 e. The number of carbonyl (C=O) groups excluding carboxylic acids is 1. The largest absolute Gasteiger partial charge is 0.307 e. The van der Waals surface area contributed by atoms with Gasteiger partial charge in [-0.05, 0) is 36.6 Å². The Bertz CT molecular complexity index is 1160. The van der Waals surface area contributed by atoms with Crippen molar-refractivity contribution >= 4 is 32.6 Å². The highest BCUT2D eigenvalue weighted by atomic mass is 32.1. The predicted molar refractivity (Wildman–Crippen MR) is 110 cm³/mol. The predicted octanol–water partition coefficient (Wildman–Crippen LogP) is 3.99. The molecule has 2 aromatic heterocycles. The van der Waals surface area contributed by atoms with Crippen LogP contribution in [0.2, 0.25) is 0 Å². The minimum absolute atomic E-state index is 0.153. The van der Waals surface area contributed by atoms with Gasteiger partial charge in [0.2, 0.25) is 5.82 Å². The molecule has 7 heteroatoms. The minimum atomic E-state index is -0.153. The Morgan fingerprint density at radius 2 is 2.04 bits per heavy atom. The lowest BCUT2D eigenvalue weighted by molar-refractivity contribution is 0.0971. The number of fused-ring (bicyclic) bond motifs is 2. The number of nitrogens with zero attached hydrogens (tertiary/aromatic N) is 5. The third-order valence-electron chi connectivity index (χ3n) is 4.99.